The van der Waals surface area contributed by atoms with E-state index in [0.29, 0.717) is 0 Å². The van der Waals surface area contributed by atoms with E-state index in [0.717, 1.165) is 10.4 Å². The molecule has 0 aliphatic carbocycles. The number of nitrogens with zero attached hydrogens (tertiary/aromatic N) is 1. The Hall–Kier alpha value is -2.72. The van der Waals surface area contributed by atoms with Crippen LogP contribution < -0.4 is 14.8 Å². The lowest BCUT2D eigenvalue weighted by molar-refractivity contribution is -0.0498. The third kappa shape index (κ3) is 5.17. The van der Waals surface area contributed by atoms with Gasteiger partial charge in [0.05, 0.1) is 6.61 Å². The topological polar surface area (TPSA) is 84.9 Å². The highest BCUT2D eigenvalue weighted by Gasteiger charge is 2.23. The number of hydrogen-bond acceptors (Lipinski definition) is 5. The van der Waals surface area contributed by atoms with Crippen molar-refractivity contribution in [2.75, 3.05) is 26.0 Å². The number of nitrogens with one attached hydrogen (secondary N) is 1. The second-order valence-electron chi connectivity index (χ2n) is 5.74. The van der Waals surface area contributed by atoms with E-state index in [2.05, 4.69) is 10.1 Å². The minimum Gasteiger partial charge on any atom is -0.492 e. The molecule has 0 spiro atoms. The van der Waals surface area contributed by atoms with Gasteiger partial charge in [-0.05, 0) is 43.3 Å². The van der Waals surface area contributed by atoms with E-state index in [4.69, 9.17) is 4.74 Å². The number of amides is 1. The lowest BCUT2D eigenvalue weighted by Crippen LogP contribution is -2.23. The Morgan fingerprint density at radius 1 is 1.18 bits per heavy atom. The fourth-order valence-electron chi connectivity index (χ4n) is 2.28. The molecule has 0 atom stereocenters. The third-order valence-corrected chi connectivity index (χ3v) is 5.42. The molecule has 0 saturated heterocycles. The number of halogens is 2. The minimum absolute atomic E-state index is 0.0732. The van der Waals surface area contributed by atoms with Crippen LogP contribution in [0.5, 0.6) is 11.5 Å². The van der Waals surface area contributed by atoms with Gasteiger partial charge >= 0.3 is 6.61 Å². The van der Waals surface area contributed by atoms with E-state index in [1.807, 2.05) is 0 Å². The molecule has 0 aromatic heterocycles. The van der Waals surface area contributed by atoms with Crippen molar-refractivity contribution in [3.8, 4) is 11.5 Å². The Balaban J connectivity index is 2.33. The molecule has 0 fully saturated rings. The molecule has 2 rings (SSSR count). The van der Waals surface area contributed by atoms with E-state index in [-0.39, 0.29) is 34.3 Å². The first-order valence-corrected chi connectivity index (χ1v) is 9.64. The number of rotatable bonds is 8. The van der Waals surface area contributed by atoms with Crippen molar-refractivity contribution < 1.29 is 31.5 Å². The monoisotopic (exact) mass is 414 g/mol. The van der Waals surface area contributed by atoms with Gasteiger partial charge in [0.15, 0.2) is 0 Å². The van der Waals surface area contributed by atoms with Gasteiger partial charge in [0.2, 0.25) is 10.0 Å². The number of anilines is 1. The average Bonchev–Trinajstić information content (AvgIpc) is 2.62. The standard InChI is InChI=1S/C18H20F2N2O5S/c1-4-26-15-9-8-13(11-16(15)28(24,25)22(2)3)21-17(23)12-6-5-7-14(10-12)27-18(19)20/h5-11,18H,4H2,1-3H3,(H,21,23). The lowest BCUT2D eigenvalue weighted by Gasteiger charge is -2.16. The first kappa shape index (κ1) is 21.6. The predicted molar refractivity (Wildman–Crippen MR) is 99.5 cm³/mol. The molecule has 1 amide bonds. The van der Waals surface area contributed by atoms with Crippen LogP contribution in [0.2, 0.25) is 0 Å². The number of carbonyl (C=O) groups excluding carboxylic acids is 1. The summed E-state index contributed by atoms with van der Waals surface area (Å²) in [6.45, 7) is -1.03. The van der Waals surface area contributed by atoms with Gasteiger partial charge < -0.3 is 14.8 Å². The van der Waals surface area contributed by atoms with Crippen LogP contribution in [0.3, 0.4) is 0 Å². The van der Waals surface area contributed by atoms with Gasteiger partial charge in [0, 0.05) is 25.3 Å². The van der Waals surface area contributed by atoms with E-state index in [9.17, 15) is 22.0 Å². The minimum atomic E-state index is -3.82. The maximum atomic E-state index is 12.5. The molecule has 2 aromatic carbocycles. The van der Waals surface area contributed by atoms with Crippen molar-refractivity contribution in [3.63, 3.8) is 0 Å². The van der Waals surface area contributed by atoms with Crippen LogP contribution in [0.15, 0.2) is 47.4 Å². The Labute approximate surface area is 161 Å². The summed E-state index contributed by atoms with van der Waals surface area (Å²) in [5, 5.41) is 2.54. The van der Waals surface area contributed by atoms with Crippen LogP contribution in [-0.4, -0.2) is 45.9 Å². The van der Waals surface area contributed by atoms with E-state index >= 15 is 0 Å². The highest BCUT2D eigenvalue weighted by atomic mass is 32.2. The summed E-state index contributed by atoms with van der Waals surface area (Å²) in [4.78, 5) is 12.3. The SMILES string of the molecule is CCOc1ccc(NC(=O)c2cccc(OC(F)F)c2)cc1S(=O)(=O)N(C)C. The summed E-state index contributed by atoms with van der Waals surface area (Å²) in [7, 11) is -1.06. The second-order valence-corrected chi connectivity index (χ2v) is 7.86. The molecule has 7 nitrogen and oxygen atoms in total. The summed E-state index contributed by atoms with van der Waals surface area (Å²) >= 11 is 0. The smallest absolute Gasteiger partial charge is 0.387 e. The summed E-state index contributed by atoms with van der Waals surface area (Å²) < 4.78 is 60.4. The number of ether oxygens (including phenoxy) is 2. The first-order chi connectivity index (χ1) is 13.1. The summed E-state index contributed by atoms with van der Waals surface area (Å²) in [6, 6.07) is 9.46. The molecule has 0 radical (unpaired) electrons. The van der Waals surface area contributed by atoms with Gasteiger partial charge in [-0.1, -0.05) is 6.07 Å². The zero-order valence-corrected chi connectivity index (χ0v) is 16.3. The van der Waals surface area contributed by atoms with Crippen LogP contribution in [-0.2, 0) is 10.0 Å². The van der Waals surface area contributed by atoms with Gasteiger partial charge in [-0.15, -0.1) is 0 Å². The van der Waals surface area contributed by atoms with Gasteiger partial charge in [-0.3, -0.25) is 4.79 Å². The van der Waals surface area contributed by atoms with Crippen molar-refractivity contribution >= 4 is 21.6 Å². The number of alkyl halides is 2. The molecule has 0 heterocycles. The van der Waals surface area contributed by atoms with Gasteiger partial charge in [0.25, 0.3) is 5.91 Å². The molecule has 0 saturated carbocycles. The Bertz CT molecular complexity index is 949. The van der Waals surface area contributed by atoms with Crippen LogP contribution in [0.1, 0.15) is 17.3 Å². The first-order valence-electron chi connectivity index (χ1n) is 8.20. The van der Waals surface area contributed by atoms with Crippen molar-refractivity contribution in [2.24, 2.45) is 0 Å². The number of benzene rings is 2. The Kier molecular flexibility index (Phi) is 6.92. The van der Waals surface area contributed by atoms with E-state index < -0.39 is 22.5 Å². The van der Waals surface area contributed by atoms with Crippen LogP contribution >= 0.6 is 0 Å². The molecule has 0 aliphatic rings. The molecule has 0 aliphatic heterocycles. The Morgan fingerprint density at radius 2 is 1.89 bits per heavy atom. The number of carbonyl (C=O) groups is 1. The zero-order chi connectivity index (χ0) is 20.9. The van der Waals surface area contributed by atoms with Crippen molar-refractivity contribution in [1.82, 2.24) is 4.31 Å². The van der Waals surface area contributed by atoms with Crippen LogP contribution in [0.25, 0.3) is 0 Å². The summed E-state index contributed by atoms with van der Waals surface area (Å²) in [5.74, 6) is -0.621. The summed E-state index contributed by atoms with van der Waals surface area (Å²) in [6.07, 6.45) is 0. The normalized spacial score (nSPS) is 11.5. The molecule has 1 N–H and O–H groups in total. The second kappa shape index (κ2) is 8.98. The zero-order valence-electron chi connectivity index (χ0n) is 15.5. The fourth-order valence-corrected chi connectivity index (χ4v) is 3.33. The number of hydrogen-bond donors (Lipinski definition) is 1. The van der Waals surface area contributed by atoms with Gasteiger partial charge in [-0.2, -0.15) is 8.78 Å². The molecular weight excluding hydrogens is 394 g/mol. The largest absolute Gasteiger partial charge is 0.492 e. The van der Waals surface area contributed by atoms with Crippen molar-refractivity contribution in [1.29, 1.82) is 0 Å². The lowest BCUT2D eigenvalue weighted by atomic mass is 10.2. The van der Waals surface area contributed by atoms with Crippen molar-refractivity contribution in [3.05, 3.63) is 48.0 Å². The van der Waals surface area contributed by atoms with Crippen LogP contribution in [0, 0.1) is 0 Å². The molecular formula is C18H20F2N2O5S. The molecule has 2 aromatic rings. The third-order valence-electron chi connectivity index (χ3n) is 3.58. The fraction of sp³-hybridized carbons (Fsp3) is 0.278. The highest BCUT2D eigenvalue weighted by molar-refractivity contribution is 7.89. The average molecular weight is 414 g/mol. The molecule has 152 valence electrons. The molecule has 10 heteroatoms. The molecule has 0 bridgehead atoms. The maximum Gasteiger partial charge on any atom is 0.387 e. The van der Waals surface area contributed by atoms with Gasteiger partial charge in [-0.25, -0.2) is 12.7 Å². The molecule has 0 unspecified atom stereocenters. The highest BCUT2D eigenvalue weighted by Crippen LogP contribution is 2.29. The van der Waals surface area contributed by atoms with Crippen LogP contribution in [0.4, 0.5) is 14.5 Å². The number of sulfonamides is 1. The molecule has 28 heavy (non-hydrogen) atoms. The summed E-state index contributed by atoms with van der Waals surface area (Å²) in [5.41, 5.74) is 0.276. The van der Waals surface area contributed by atoms with Gasteiger partial charge in [0.1, 0.15) is 16.4 Å². The van der Waals surface area contributed by atoms with Crippen molar-refractivity contribution in [2.45, 2.75) is 18.4 Å². The van der Waals surface area contributed by atoms with E-state index in [1.165, 1.54) is 50.5 Å². The maximum absolute atomic E-state index is 12.5. The Morgan fingerprint density at radius 3 is 2.50 bits per heavy atom. The quantitative estimate of drug-likeness (QED) is 0.717. The predicted octanol–water partition coefficient (Wildman–Crippen LogP) is 3.19. The van der Waals surface area contributed by atoms with E-state index in [1.54, 1.807) is 6.92 Å².